The summed E-state index contributed by atoms with van der Waals surface area (Å²) < 4.78 is 14.5. The zero-order valence-corrected chi connectivity index (χ0v) is 10.7. The van der Waals surface area contributed by atoms with E-state index in [4.69, 9.17) is 10.4 Å². The monoisotopic (exact) mass is 287 g/mol. The Morgan fingerprint density at radius 2 is 2.14 bits per heavy atom. The number of anilines is 1. The number of carbonyl (C=O) groups is 2. The summed E-state index contributed by atoms with van der Waals surface area (Å²) in [7, 11) is 0. The lowest BCUT2D eigenvalue weighted by Crippen LogP contribution is -2.19. The average molecular weight is 287 g/mol. The Bertz CT molecular complexity index is 746. The van der Waals surface area contributed by atoms with Crippen LogP contribution in [0.2, 0.25) is 0 Å². The van der Waals surface area contributed by atoms with Gasteiger partial charge in [0.1, 0.15) is 24.1 Å². The topological polar surface area (TPSA) is 95.1 Å². The van der Waals surface area contributed by atoms with Crippen molar-refractivity contribution < 1.29 is 19.1 Å². The van der Waals surface area contributed by atoms with Gasteiger partial charge >= 0.3 is 5.97 Å². The van der Waals surface area contributed by atoms with Gasteiger partial charge in [-0.1, -0.05) is 0 Å². The van der Waals surface area contributed by atoms with Gasteiger partial charge in [0.2, 0.25) is 0 Å². The maximum absolute atomic E-state index is 13.2. The van der Waals surface area contributed by atoms with Gasteiger partial charge in [0.15, 0.2) is 0 Å². The molecule has 6 nitrogen and oxygen atoms in total. The number of nitrogens with zero attached hydrogens (tertiary/aromatic N) is 2. The molecular formula is C14H10FN3O3. The van der Waals surface area contributed by atoms with E-state index in [1.165, 1.54) is 29.0 Å². The number of amides is 1. The van der Waals surface area contributed by atoms with E-state index >= 15 is 0 Å². The molecule has 21 heavy (non-hydrogen) atoms. The molecule has 0 atom stereocenters. The average Bonchev–Trinajstić information content (AvgIpc) is 2.88. The molecule has 0 unspecified atom stereocenters. The molecule has 2 N–H and O–H groups in total. The van der Waals surface area contributed by atoms with Gasteiger partial charge in [-0.15, -0.1) is 0 Å². The largest absolute Gasteiger partial charge is 0.480 e. The van der Waals surface area contributed by atoms with Crippen LogP contribution in [-0.2, 0) is 11.3 Å². The van der Waals surface area contributed by atoms with Crippen LogP contribution in [-0.4, -0.2) is 21.6 Å². The van der Waals surface area contributed by atoms with Crippen molar-refractivity contribution in [3.8, 4) is 6.07 Å². The molecule has 0 spiro atoms. The number of carboxylic acids is 1. The van der Waals surface area contributed by atoms with Gasteiger partial charge in [-0.3, -0.25) is 9.59 Å². The Balaban J connectivity index is 2.21. The fraction of sp³-hybridized carbons (Fsp3) is 0.0714. The quantitative estimate of drug-likeness (QED) is 0.896. The van der Waals surface area contributed by atoms with Crippen LogP contribution in [0.25, 0.3) is 0 Å². The van der Waals surface area contributed by atoms with Crippen molar-refractivity contribution in [1.29, 1.82) is 5.26 Å². The van der Waals surface area contributed by atoms with E-state index in [0.29, 0.717) is 0 Å². The summed E-state index contributed by atoms with van der Waals surface area (Å²) in [5.74, 6) is -2.30. The summed E-state index contributed by atoms with van der Waals surface area (Å²) in [6.45, 7) is -0.345. The number of halogens is 1. The van der Waals surface area contributed by atoms with E-state index in [-0.39, 0.29) is 23.5 Å². The second-order valence-corrected chi connectivity index (χ2v) is 4.18. The lowest BCUT2D eigenvalue weighted by atomic mass is 10.2. The SMILES string of the molecule is N#Cc1cc(NC(=O)c2cccn2CC(=O)O)ccc1F. The first-order valence-electron chi connectivity index (χ1n) is 5.89. The lowest BCUT2D eigenvalue weighted by Gasteiger charge is -2.08. The summed E-state index contributed by atoms with van der Waals surface area (Å²) in [6.07, 6.45) is 1.47. The molecule has 0 saturated carbocycles. The van der Waals surface area contributed by atoms with Gasteiger partial charge in [-0.25, -0.2) is 4.39 Å². The van der Waals surface area contributed by atoms with Crippen molar-refractivity contribution in [2.24, 2.45) is 0 Å². The van der Waals surface area contributed by atoms with Gasteiger partial charge in [0.25, 0.3) is 5.91 Å². The number of rotatable bonds is 4. The zero-order chi connectivity index (χ0) is 15.4. The van der Waals surface area contributed by atoms with Crippen LogP contribution in [0.3, 0.4) is 0 Å². The van der Waals surface area contributed by atoms with Crippen molar-refractivity contribution in [2.45, 2.75) is 6.54 Å². The molecule has 1 amide bonds. The van der Waals surface area contributed by atoms with E-state index in [9.17, 15) is 14.0 Å². The van der Waals surface area contributed by atoms with Crippen molar-refractivity contribution in [1.82, 2.24) is 4.57 Å². The highest BCUT2D eigenvalue weighted by Gasteiger charge is 2.13. The van der Waals surface area contributed by atoms with E-state index in [0.717, 1.165) is 6.07 Å². The van der Waals surface area contributed by atoms with Crippen molar-refractivity contribution in [3.63, 3.8) is 0 Å². The number of hydrogen-bond donors (Lipinski definition) is 2. The molecule has 0 radical (unpaired) electrons. The zero-order valence-electron chi connectivity index (χ0n) is 10.7. The summed E-state index contributed by atoms with van der Waals surface area (Å²) in [4.78, 5) is 22.8. The Kier molecular flexibility index (Phi) is 4.00. The van der Waals surface area contributed by atoms with Crippen molar-refractivity contribution in [2.75, 3.05) is 5.32 Å². The maximum atomic E-state index is 13.2. The molecule has 0 aliphatic rings. The molecule has 1 aromatic carbocycles. The third-order valence-electron chi connectivity index (χ3n) is 2.71. The summed E-state index contributed by atoms with van der Waals surface area (Å²) >= 11 is 0. The molecule has 0 fully saturated rings. The van der Waals surface area contributed by atoms with Crippen molar-refractivity contribution >= 4 is 17.6 Å². The van der Waals surface area contributed by atoms with Crippen LogP contribution in [0.5, 0.6) is 0 Å². The molecule has 7 heteroatoms. The first-order chi connectivity index (χ1) is 10.0. The lowest BCUT2D eigenvalue weighted by molar-refractivity contribution is -0.137. The third kappa shape index (κ3) is 3.25. The van der Waals surface area contributed by atoms with Crippen LogP contribution in [0.1, 0.15) is 16.1 Å². The summed E-state index contributed by atoms with van der Waals surface area (Å²) in [5.41, 5.74) is 0.218. The van der Waals surface area contributed by atoms with Crippen LogP contribution in [0.4, 0.5) is 10.1 Å². The predicted octanol–water partition coefficient (Wildman–Crippen LogP) is 1.84. The molecule has 0 saturated heterocycles. The van der Waals surface area contributed by atoms with Crippen LogP contribution in [0, 0.1) is 17.1 Å². The fourth-order valence-electron chi connectivity index (χ4n) is 1.79. The van der Waals surface area contributed by atoms with Gasteiger partial charge in [-0.05, 0) is 30.3 Å². The van der Waals surface area contributed by atoms with Gasteiger partial charge < -0.3 is 15.0 Å². The third-order valence-corrected chi connectivity index (χ3v) is 2.71. The van der Waals surface area contributed by atoms with E-state index in [1.807, 2.05) is 0 Å². The Hall–Kier alpha value is -3.14. The maximum Gasteiger partial charge on any atom is 0.323 e. The van der Waals surface area contributed by atoms with Gasteiger partial charge in [0.05, 0.1) is 5.56 Å². The minimum Gasteiger partial charge on any atom is -0.480 e. The smallest absolute Gasteiger partial charge is 0.323 e. The number of aliphatic carboxylic acids is 1. The number of nitrogens with one attached hydrogen (secondary N) is 1. The fourth-order valence-corrected chi connectivity index (χ4v) is 1.79. The van der Waals surface area contributed by atoms with Crippen LogP contribution in [0.15, 0.2) is 36.5 Å². The predicted molar refractivity (Wildman–Crippen MR) is 71.1 cm³/mol. The second-order valence-electron chi connectivity index (χ2n) is 4.18. The molecular weight excluding hydrogens is 277 g/mol. The Labute approximate surface area is 119 Å². The molecule has 1 aromatic heterocycles. The number of hydrogen-bond acceptors (Lipinski definition) is 3. The Morgan fingerprint density at radius 3 is 2.81 bits per heavy atom. The van der Waals surface area contributed by atoms with Crippen LogP contribution < -0.4 is 5.32 Å². The summed E-state index contributed by atoms with van der Waals surface area (Å²) in [5, 5.41) is 20.0. The number of carboxylic acid groups (broad SMARTS) is 1. The van der Waals surface area contributed by atoms with Gasteiger partial charge in [-0.2, -0.15) is 5.26 Å². The van der Waals surface area contributed by atoms with E-state index in [1.54, 1.807) is 12.1 Å². The number of nitriles is 1. The molecule has 0 bridgehead atoms. The minimum atomic E-state index is -1.08. The standard InChI is InChI=1S/C14H10FN3O3/c15-11-4-3-10(6-9(11)7-16)17-14(21)12-2-1-5-18(12)8-13(19)20/h1-6H,8H2,(H,17,21)(H,19,20). The van der Waals surface area contributed by atoms with Crippen molar-refractivity contribution in [3.05, 3.63) is 53.6 Å². The first kappa shape index (κ1) is 14.3. The highest BCUT2D eigenvalue weighted by atomic mass is 19.1. The van der Waals surface area contributed by atoms with E-state index in [2.05, 4.69) is 5.32 Å². The Morgan fingerprint density at radius 1 is 1.38 bits per heavy atom. The number of benzene rings is 1. The highest BCUT2D eigenvalue weighted by molar-refractivity contribution is 6.03. The minimum absolute atomic E-state index is 0.153. The molecule has 0 aliphatic carbocycles. The second kappa shape index (κ2) is 5.88. The molecule has 0 aliphatic heterocycles. The molecule has 2 rings (SSSR count). The summed E-state index contributed by atoms with van der Waals surface area (Å²) in [6, 6.07) is 8.28. The molecule has 2 aromatic rings. The highest BCUT2D eigenvalue weighted by Crippen LogP contribution is 2.15. The van der Waals surface area contributed by atoms with Crippen LogP contribution >= 0.6 is 0 Å². The normalized spacial score (nSPS) is 9.90. The molecule has 1 heterocycles. The molecule has 106 valence electrons. The first-order valence-corrected chi connectivity index (χ1v) is 5.89. The number of carbonyl (C=O) groups excluding carboxylic acids is 1. The van der Waals surface area contributed by atoms with Gasteiger partial charge in [0, 0.05) is 11.9 Å². The number of aromatic nitrogens is 1. The van der Waals surface area contributed by atoms with E-state index < -0.39 is 17.7 Å².